The van der Waals surface area contributed by atoms with Crippen LogP contribution in [0.1, 0.15) is 131 Å². The van der Waals surface area contributed by atoms with Crippen LogP contribution in [0.5, 0.6) is 0 Å². The van der Waals surface area contributed by atoms with Crippen LogP contribution in [0.3, 0.4) is 0 Å². The number of benzene rings is 2. The summed E-state index contributed by atoms with van der Waals surface area (Å²) in [6, 6.07) is 20.8. The molecule has 2 aromatic carbocycles. The maximum absolute atomic E-state index is 6.36. The first-order chi connectivity index (χ1) is 21.4. The van der Waals surface area contributed by atoms with Crippen molar-refractivity contribution in [1.29, 1.82) is 0 Å². The molecule has 0 aliphatic heterocycles. The molecule has 250 valence electrons. The molecule has 5 atom stereocenters. The molecule has 0 aromatic heterocycles. The van der Waals surface area contributed by atoms with E-state index in [0.717, 1.165) is 12.0 Å². The molecule has 2 saturated carbocycles. The van der Waals surface area contributed by atoms with E-state index in [1.165, 1.54) is 68.1 Å². The van der Waals surface area contributed by atoms with Gasteiger partial charge < -0.3 is 14.2 Å². The summed E-state index contributed by atoms with van der Waals surface area (Å²) in [5.74, 6) is 1.35. The minimum Gasteiger partial charge on any atom is -0.498 e. The van der Waals surface area contributed by atoms with E-state index in [4.69, 9.17) is 14.2 Å². The Morgan fingerprint density at radius 2 is 1.38 bits per heavy atom. The molecule has 3 nitrogen and oxygen atoms in total. The Bertz CT molecular complexity index is 1160. The summed E-state index contributed by atoms with van der Waals surface area (Å²) in [5, 5.41) is 0. The first kappa shape index (κ1) is 36.9. The zero-order valence-electron chi connectivity index (χ0n) is 30.1. The van der Waals surface area contributed by atoms with Gasteiger partial charge in [-0.15, -0.1) is 0 Å². The molecule has 45 heavy (non-hydrogen) atoms. The van der Waals surface area contributed by atoms with Crippen molar-refractivity contribution >= 4 is 11.1 Å². The first-order valence-corrected chi connectivity index (χ1v) is 17.8. The Labute approximate surface area is 276 Å². The third-order valence-corrected chi connectivity index (χ3v) is 10.0. The summed E-state index contributed by atoms with van der Waals surface area (Å²) in [6.07, 6.45) is 16.0. The van der Waals surface area contributed by atoms with Gasteiger partial charge in [0.05, 0.1) is 31.3 Å². The quantitative estimate of drug-likeness (QED) is 0.235. The summed E-state index contributed by atoms with van der Waals surface area (Å²) < 4.78 is 18.4. The van der Waals surface area contributed by atoms with Gasteiger partial charge in [0.2, 0.25) is 0 Å². The van der Waals surface area contributed by atoms with Crippen molar-refractivity contribution in [2.75, 3.05) is 6.61 Å². The maximum Gasteiger partial charge on any atom is 0.121 e. The Balaban J connectivity index is 0.000000251. The first-order valence-electron chi connectivity index (χ1n) is 17.8. The van der Waals surface area contributed by atoms with E-state index in [2.05, 4.69) is 111 Å². The van der Waals surface area contributed by atoms with Crippen LogP contribution in [0, 0.1) is 22.7 Å². The van der Waals surface area contributed by atoms with Gasteiger partial charge in [-0.2, -0.15) is 0 Å². The van der Waals surface area contributed by atoms with Crippen LogP contribution in [0.25, 0.3) is 11.1 Å². The molecule has 0 radical (unpaired) electrons. The molecule has 4 rings (SSSR count). The normalized spacial score (nSPS) is 23.7. The van der Waals surface area contributed by atoms with Crippen molar-refractivity contribution in [3.05, 3.63) is 84.3 Å². The summed E-state index contributed by atoms with van der Waals surface area (Å²) >= 11 is 0. The average Bonchev–Trinajstić information content (AvgIpc) is 3.03. The Morgan fingerprint density at radius 3 is 1.91 bits per heavy atom. The van der Waals surface area contributed by atoms with Crippen LogP contribution >= 0.6 is 0 Å². The van der Waals surface area contributed by atoms with Crippen molar-refractivity contribution in [3.63, 3.8) is 0 Å². The van der Waals surface area contributed by atoms with Gasteiger partial charge in [0.1, 0.15) is 6.10 Å². The second kappa shape index (κ2) is 18.0. The summed E-state index contributed by atoms with van der Waals surface area (Å²) in [6.45, 7) is 21.1. The fraction of sp³-hybridized carbons (Fsp3) is 0.619. The van der Waals surface area contributed by atoms with Crippen molar-refractivity contribution in [2.24, 2.45) is 22.7 Å². The predicted octanol–water partition coefficient (Wildman–Crippen LogP) is 12.1. The molecule has 0 spiro atoms. The molecular weight excluding hydrogens is 552 g/mol. The zero-order valence-corrected chi connectivity index (χ0v) is 30.1. The molecule has 0 amide bonds. The molecule has 5 unspecified atom stereocenters. The highest BCUT2D eigenvalue weighted by Crippen LogP contribution is 2.41. The van der Waals surface area contributed by atoms with E-state index < -0.39 is 0 Å². The van der Waals surface area contributed by atoms with Crippen molar-refractivity contribution in [2.45, 2.75) is 138 Å². The van der Waals surface area contributed by atoms with Crippen molar-refractivity contribution in [3.8, 4) is 0 Å². The van der Waals surface area contributed by atoms with Gasteiger partial charge in [-0.25, -0.2) is 0 Å². The Morgan fingerprint density at radius 1 is 0.822 bits per heavy atom. The molecule has 2 aliphatic carbocycles. The summed E-state index contributed by atoms with van der Waals surface area (Å²) in [7, 11) is 0. The van der Waals surface area contributed by atoms with Gasteiger partial charge in [0.15, 0.2) is 0 Å². The molecule has 0 saturated heterocycles. The lowest BCUT2D eigenvalue weighted by atomic mass is 9.70. The maximum atomic E-state index is 6.36. The number of ether oxygens (including phenoxy) is 3. The minimum absolute atomic E-state index is 0.126. The molecule has 3 heteroatoms. The van der Waals surface area contributed by atoms with E-state index in [1.807, 2.05) is 24.7 Å². The number of hydrogen-bond donors (Lipinski definition) is 0. The van der Waals surface area contributed by atoms with Gasteiger partial charge in [0, 0.05) is 0 Å². The lowest BCUT2D eigenvalue weighted by molar-refractivity contribution is -0.0776. The molecule has 2 aliphatic rings. The lowest BCUT2D eigenvalue weighted by Gasteiger charge is -2.40. The Kier molecular flexibility index (Phi) is 14.8. The molecule has 0 bridgehead atoms. The SMILES string of the molecule is C/C(=C\OC(C)C1CCCC(C)(C)C1)c1ccccc1.CCC(COC1CCCCC1C(C)(C)C)O/C=C(\C)c1ccccc1. The summed E-state index contributed by atoms with van der Waals surface area (Å²) in [4.78, 5) is 0. The highest BCUT2D eigenvalue weighted by molar-refractivity contribution is 5.63. The number of rotatable bonds is 11. The van der Waals surface area contributed by atoms with E-state index >= 15 is 0 Å². The summed E-state index contributed by atoms with van der Waals surface area (Å²) in [5.41, 5.74) is 5.61. The number of allylic oxidation sites excluding steroid dienone is 2. The molecule has 2 aromatic rings. The van der Waals surface area contributed by atoms with E-state index in [0.29, 0.717) is 41.5 Å². The van der Waals surface area contributed by atoms with Crippen molar-refractivity contribution < 1.29 is 14.2 Å². The fourth-order valence-corrected chi connectivity index (χ4v) is 6.99. The smallest absolute Gasteiger partial charge is 0.121 e. The van der Waals surface area contributed by atoms with Gasteiger partial charge in [-0.1, -0.05) is 121 Å². The lowest BCUT2D eigenvalue weighted by Crippen LogP contribution is -2.38. The van der Waals surface area contributed by atoms with Crippen LogP contribution in [0.4, 0.5) is 0 Å². The Hall–Kier alpha value is -2.52. The third-order valence-electron chi connectivity index (χ3n) is 10.0. The second-order valence-corrected chi connectivity index (χ2v) is 15.5. The minimum atomic E-state index is 0.126. The fourth-order valence-electron chi connectivity index (χ4n) is 6.99. The van der Waals surface area contributed by atoms with Crippen LogP contribution in [0.2, 0.25) is 0 Å². The topological polar surface area (TPSA) is 27.7 Å². The van der Waals surface area contributed by atoms with E-state index in [-0.39, 0.29) is 6.10 Å². The molecular formula is C42H64O3. The van der Waals surface area contributed by atoms with Crippen molar-refractivity contribution in [1.82, 2.24) is 0 Å². The highest BCUT2D eigenvalue weighted by atomic mass is 16.5. The standard InChI is InChI=1S/C23H36O2.C19H28O/c1-6-20(24-16-18(2)19-12-8-7-9-13-19)17-25-22-15-11-10-14-21(22)23(3,4)5;1-15(17-9-6-5-7-10-17)14-20-16(2)18-11-8-12-19(3,4)13-18/h7-9,12-13,16,20-22H,6,10-11,14-15,17H2,1-5H3;5-7,9-10,14,16,18H,8,11-13H2,1-4H3/b18-16+;15-14+. The van der Waals surface area contributed by atoms with Gasteiger partial charge in [0.25, 0.3) is 0 Å². The van der Waals surface area contributed by atoms with Gasteiger partial charge in [-0.3, -0.25) is 0 Å². The highest BCUT2D eigenvalue weighted by Gasteiger charge is 2.35. The van der Waals surface area contributed by atoms with Gasteiger partial charge in [-0.05, 0) is 104 Å². The zero-order chi connectivity index (χ0) is 32.9. The number of hydrogen-bond acceptors (Lipinski definition) is 3. The second-order valence-electron chi connectivity index (χ2n) is 15.5. The van der Waals surface area contributed by atoms with Crippen LogP contribution in [-0.2, 0) is 14.2 Å². The average molecular weight is 617 g/mol. The molecule has 0 heterocycles. The van der Waals surface area contributed by atoms with E-state index in [9.17, 15) is 0 Å². The third kappa shape index (κ3) is 12.7. The van der Waals surface area contributed by atoms with Crippen LogP contribution in [-0.4, -0.2) is 24.9 Å². The van der Waals surface area contributed by atoms with Gasteiger partial charge >= 0.3 is 0 Å². The predicted molar refractivity (Wildman–Crippen MR) is 193 cm³/mol. The van der Waals surface area contributed by atoms with Crippen LogP contribution < -0.4 is 0 Å². The largest absolute Gasteiger partial charge is 0.498 e. The monoisotopic (exact) mass is 616 g/mol. The van der Waals surface area contributed by atoms with E-state index in [1.54, 1.807) is 0 Å². The molecule has 2 fully saturated rings. The van der Waals surface area contributed by atoms with Crippen LogP contribution in [0.15, 0.2) is 73.2 Å². The molecule has 0 N–H and O–H groups in total.